The van der Waals surface area contributed by atoms with Crippen molar-refractivity contribution < 1.29 is 19.2 Å². The average molecular weight is 248 g/mol. The minimum Gasteiger partial charge on any atom is -0.462 e. The van der Waals surface area contributed by atoms with Crippen molar-refractivity contribution in [3.05, 3.63) is 38.9 Å². The van der Waals surface area contributed by atoms with Crippen molar-refractivity contribution in [1.82, 2.24) is 0 Å². The SMILES string of the molecule is CCOC(=O)c1cc(C=O)c(C#N)c([N+](=O)[O-])c1. The number of carbonyl (C=O) groups excluding carboxylic acids is 2. The quantitative estimate of drug-likeness (QED) is 0.345. The number of nitro groups is 1. The van der Waals surface area contributed by atoms with Gasteiger partial charge in [0.15, 0.2) is 6.29 Å². The third-order valence-corrected chi connectivity index (χ3v) is 2.09. The van der Waals surface area contributed by atoms with Crippen LogP contribution in [0.25, 0.3) is 0 Å². The first-order chi connectivity index (χ1) is 8.54. The van der Waals surface area contributed by atoms with Gasteiger partial charge in [-0.25, -0.2) is 4.79 Å². The van der Waals surface area contributed by atoms with Crippen molar-refractivity contribution in [2.24, 2.45) is 0 Å². The number of carbonyl (C=O) groups is 2. The van der Waals surface area contributed by atoms with E-state index in [0.29, 0.717) is 0 Å². The molecule has 0 unspecified atom stereocenters. The summed E-state index contributed by atoms with van der Waals surface area (Å²) < 4.78 is 4.68. The molecule has 0 saturated heterocycles. The lowest BCUT2D eigenvalue weighted by atomic mass is 10.0. The fourth-order valence-corrected chi connectivity index (χ4v) is 1.34. The monoisotopic (exact) mass is 248 g/mol. The van der Waals surface area contributed by atoms with Gasteiger partial charge in [-0.1, -0.05) is 0 Å². The summed E-state index contributed by atoms with van der Waals surface area (Å²) in [4.78, 5) is 32.2. The Morgan fingerprint density at radius 2 is 2.28 bits per heavy atom. The summed E-state index contributed by atoms with van der Waals surface area (Å²) in [5.74, 6) is -0.784. The Kier molecular flexibility index (Phi) is 4.10. The van der Waals surface area contributed by atoms with Crippen LogP contribution in [0.15, 0.2) is 12.1 Å². The average Bonchev–Trinajstić information content (AvgIpc) is 2.37. The topological polar surface area (TPSA) is 110 Å². The highest BCUT2D eigenvalue weighted by Crippen LogP contribution is 2.23. The molecule has 0 heterocycles. The molecule has 0 bridgehead atoms. The second kappa shape index (κ2) is 5.54. The van der Waals surface area contributed by atoms with E-state index in [0.717, 1.165) is 12.1 Å². The van der Waals surface area contributed by atoms with E-state index in [2.05, 4.69) is 4.74 Å². The Morgan fingerprint density at radius 3 is 2.72 bits per heavy atom. The molecule has 0 atom stereocenters. The fourth-order valence-electron chi connectivity index (χ4n) is 1.34. The highest BCUT2D eigenvalue weighted by molar-refractivity contribution is 5.94. The van der Waals surface area contributed by atoms with Crippen LogP contribution in [0.2, 0.25) is 0 Å². The van der Waals surface area contributed by atoms with Crippen molar-refractivity contribution in [2.75, 3.05) is 6.61 Å². The van der Waals surface area contributed by atoms with Gasteiger partial charge in [-0.05, 0) is 13.0 Å². The Labute approximate surface area is 102 Å². The fraction of sp³-hybridized carbons (Fsp3) is 0.182. The molecule has 0 aromatic heterocycles. The minimum absolute atomic E-state index is 0.100. The molecule has 1 aromatic rings. The second-order valence-electron chi connectivity index (χ2n) is 3.17. The maximum Gasteiger partial charge on any atom is 0.338 e. The lowest BCUT2D eigenvalue weighted by Gasteiger charge is -2.04. The Bertz CT molecular complexity index is 559. The molecule has 0 aliphatic carbocycles. The Balaban J connectivity index is 3.47. The second-order valence-corrected chi connectivity index (χ2v) is 3.17. The van der Waals surface area contributed by atoms with E-state index in [1.807, 2.05) is 0 Å². The van der Waals surface area contributed by atoms with Crippen molar-refractivity contribution in [3.8, 4) is 6.07 Å². The number of hydrogen-bond acceptors (Lipinski definition) is 6. The molecule has 0 N–H and O–H groups in total. The summed E-state index contributed by atoms with van der Waals surface area (Å²) in [6.07, 6.45) is 0.286. The molecule has 92 valence electrons. The van der Waals surface area contributed by atoms with Gasteiger partial charge < -0.3 is 4.74 Å². The van der Waals surface area contributed by atoms with Crippen molar-refractivity contribution in [3.63, 3.8) is 0 Å². The molecule has 7 nitrogen and oxygen atoms in total. The lowest BCUT2D eigenvalue weighted by molar-refractivity contribution is -0.385. The first-order valence-electron chi connectivity index (χ1n) is 4.90. The van der Waals surface area contributed by atoms with E-state index in [9.17, 15) is 19.7 Å². The highest BCUT2D eigenvalue weighted by Gasteiger charge is 2.22. The maximum absolute atomic E-state index is 11.4. The van der Waals surface area contributed by atoms with E-state index in [4.69, 9.17) is 5.26 Å². The molecular weight excluding hydrogens is 240 g/mol. The van der Waals surface area contributed by atoms with Gasteiger partial charge in [0.25, 0.3) is 5.69 Å². The van der Waals surface area contributed by atoms with E-state index < -0.39 is 16.6 Å². The zero-order chi connectivity index (χ0) is 13.7. The van der Waals surface area contributed by atoms with Crippen LogP contribution in [0.1, 0.15) is 33.2 Å². The van der Waals surface area contributed by atoms with Gasteiger partial charge >= 0.3 is 5.97 Å². The smallest absolute Gasteiger partial charge is 0.338 e. The number of nitrogens with zero attached hydrogens (tertiary/aromatic N) is 2. The van der Waals surface area contributed by atoms with Crippen LogP contribution in [0, 0.1) is 21.4 Å². The molecule has 0 aliphatic rings. The zero-order valence-electron chi connectivity index (χ0n) is 9.37. The standard InChI is InChI=1S/C11H8N2O5/c1-2-18-11(15)7-3-8(6-14)9(5-12)10(4-7)13(16)17/h3-4,6H,2H2,1H3. The molecule has 1 aromatic carbocycles. The van der Waals surface area contributed by atoms with Crippen LogP contribution in [0.3, 0.4) is 0 Å². The normalized spacial score (nSPS) is 9.33. The third-order valence-electron chi connectivity index (χ3n) is 2.09. The zero-order valence-corrected chi connectivity index (χ0v) is 9.37. The van der Waals surface area contributed by atoms with E-state index in [1.165, 1.54) is 0 Å². The number of benzene rings is 1. The predicted octanol–water partition coefficient (Wildman–Crippen LogP) is 1.46. The third kappa shape index (κ3) is 2.49. The predicted molar refractivity (Wildman–Crippen MR) is 59.2 cm³/mol. The molecule has 0 fully saturated rings. The number of hydrogen-bond donors (Lipinski definition) is 0. The van der Waals surface area contributed by atoms with Gasteiger partial charge in [0.1, 0.15) is 11.6 Å². The first-order valence-corrected chi connectivity index (χ1v) is 4.90. The molecule has 0 amide bonds. The van der Waals surface area contributed by atoms with Gasteiger partial charge in [-0.2, -0.15) is 5.26 Å². The van der Waals surface area contributed by atoms with Gasteiger partial charge in [-0.3, -0.25) is 14.9 Å². The number of nitriles is 1. The number of esters is 1. The number of ether oxygens (including phenoxy) is 1. The van der Waals surface area contributed by atoms with Gasteiger partial charge in [-0.15, -0.1) is 0 Å². The van der Waals surface area contributed by atoms with Gasteiger partial charge in [0.05, 0.1) is 17.1 Å². The largest absolute Gasteiger partial charge is 0.462 e. The van der Waals surface area contributed by atoms with E-state index in [-0.39, 0.29) is 29.6 Å². The van der Waals surface area contributed by atoms with Crippen molar-refractivity contribution in [2.45, 2.75) is 6.92 Å². The summed E-state index contributed by atoms with van der Waals surface area (Å²) in [6, 6.07) is 3.58. The van der Waals surface area contributed by atoms with Gasteiger partial charge in [0.2, 0.25) is 0 Å². The summed E-state index contributed by atoms with van der Waals surface area (Å²) in [5.41, 5.74) is -1.31. The Morgan fingerprint density at radius 1 is 1.61 bits per heavy atom. The summed E-state index contributed by atoms with van der Waals surface area (Å²) in [7, 11) is 0. The first kappa shape index (κ1) is 13.3. The molecule has 18 heavy (non-hydrogen) atoms. The van der Waals surface area contributed by atoms with Crippen LogP contribution in [-0.2, 0) is 4.74 Å². The van der Waals surface area contributed by atoms with Crippen molar-refractivity contribution in [1.29, 1.82) is 5.26 Å². The number of aldehydes is 1. The molecule has 0 radical (unpaired) electrons. The van der Waals surface area contributed by atoms with Crippen LogP contribution < -0.4 is 0 Å². The molecule has 1 rings (SSSR count). The van der Waals surface area contributed by atoms with Crippen LogP contribution in [0.5, 0.6) is 0 Å². The van der Waals surface area contributed by atoms with Crippen LogP contribution in [-0.4, -0.2) is 23.8 Å². The summed E-state index contributed by atoms with van der Waals surface area (Å²) in [5, 5.41) is 19.6. The molecule has 0 spiro atoms. The molecule has 0 aliphatic heterocycles. The van der Waals surface area contributed by atoms with Crippen LogP contribution in [0.4, 0.5) is 5.69 Å². The van der Waals surface area contributed by atoms with Crippen LogP contribution >= 0.6 is 0 Å². The molecular formula is C11H8N2O5. The molecule has 7 heteroatoms. The summed E-state index contributed by atoms with van der Waals surface area (Å²) >= 11 is 0. The maximum atomic E-state index is 11.4. The number of nitro benzene ring substituents is 1. The molecule has 0 saturated carbocycles. The number of rotatable bonds is 4. The Hall–Kier alpha value is -2.75. The van der Waals surface area contributed by atoms with E-state index >= 15 is 0 Å². The summed E-state index contributed by atoms with van der Waals surface area (Å²) in [6.45, 7) is 1.68. The van der Waals surface area contributed by atoms with E-state index in [1.54, 1.807) is 13.0 Å². The van der Waals surface area contributed by atoms with Gasteiger partial charge in [0, 0.05) is 11.6 Å². The highest BCUT2D eigenvalue weighted by atomic mass is 16.6. The lowest BCUT2D eigenvalue weighted by Crippen LogP contribution is -2.07. The van der Waals surface area contributed by atoms with Crippen molar-refractivity contribution >= 4 is 17.9 Å². The minimum atomic E-state index is -0.825.